The van der Waals surface area contributed by atoms with Crippen LogP contribution in [0.15, 0.2) is 22.7 Å². The average Bonchev–Trinajstić information content (AvgIpc) is 2.86. The number of amides is 1. The number of halogens is 1. The van der Waals surface area contributed by atoms with E-state index in [1.54, 1.807) is 6.07 Å². The molecule has 1 heterocycles. The van der Waals surface area contributed by atoms with Crippen molar-refractivity contribution in [2.24, 2.45) is 5.73 Å². The Labute approximate surface area is 118 Å². The Morgan fingerprint density at radius 3 is 2.89 bits per heavy atom. The first-order valence-corrected chi connectivity index (χ1v) is 6.56. The maximum Gasteiger partial charge on any atom is 0.271 e. The second-order valence-corrected chi connectivity index (χ2v) is 4.73. The number of hydrogen-bond acceptors (Lipinski definition) is 4. The fraction of sp³-hybridized carbons (Fsp3) is 0.250. The van der Waals surface area contributed by atoms with E-state index in [9.17, 15) is 4.79 Å². The van der Waals surface area contributed by atoms with Crippen molar-refractivity contribution < 1.29 is 9.53 Å². The number of nitrogens with one attached hydrogen (secondary N) is 1. The van der Waals surface area contributed by atoms with Gasteiger partial charge in [-0.05, 0) is 40.5 Å². The molecule has 0 radical (unpaired) electrons. The van der Waals surface area contributed by atoms with Gasteiger partial charge < -0.3 is 10.5 Å². The van der Waals surface area contributed by atoms with Crippen LogP contribution in [0.1, 0.15) is 23.8 Å². The summed E-state index contributed by atoms with van der Waals surface area (Å²) in [5, 5.41) is 10.1. The number of aromatic amines is 1. The quantitative estimate of drug-likeness (QED) is 0.880. The zero-order valence-electron chi connectivity index (χ0n) is 10.3. The van der Waals surface area contributed by atoms with Gasteiger partial charge in [0.05, 0.1) is 11.1 Å². The zero-order valence-corrected chi connectivity index (χ0v) is 11.9. The molecule has 3 N–H and O–H groups in total. The molecule has 6 nitrogen and oxygen atoms in total. The molecule has 2 aromatic rings. The molecule has 1 aromatic carbocycles. The molecule has 7 heteroatoms. The molecule has 0 atom stereocenters. The number of aromatic nitrogens is 3. The second kappa shape index (κ2) is 5.83. The number of rotatable bonds is 5. The van der Waals surface area contributed by atoms with Crippen molar-refractivity contribution in [3.8, 4) is 17.0 Å². The number of nitrogens with zero attached hydrogens (tertiary/aromatic N) is 2. The van der Waals surface area contributed by atoms with Crippen LogP contribution < -0.4 is 10.5 Å². The summed E-state index contributed by atoms with van der Waals surface area (Å²) in [6.45, 7) is 2.69. The van der Waals surface area contributed by atoms with E-state index in [2.05, 4.69) is 31.3 Å². The van der Waals surface area contributed by atoms with Gasteiger partial charge in [0, 0.05) is 5.56 Å². The number of primary amides is 1. The van der Waals surface area contributed by atoms with Crippen molar-refractivity contribution in [3.63, 3.8) is 0 Å². The summed E-state index contributed by atoms with van der Waals surface area (Å²) in [6.07, 6.45) is 0.934. The van der Waals surface area contributed by atoms with Crippen LogP contribution in [0.2, 0.25) is 0 Å². The molecule has 0 aliphatic carbocycles. The Bertz CT molecular complexity index is 597. The second-order valence-electron chi connectivity index (χ2n) is 3.88. The lowest BCUT2D eigenvalue weighted by Gasteiger charge is -2.08. The third kappa shape index (κ3) is 2.93. The van der Waals surface area contributed by atoms with Gasteiger partial charge in [-0.25, -0.2) is 0 Å². The van der Waals surface area contributed by atoms with Crippen molar-refractivity contribution in [3.05, 3.63) is 28.4 Å². The number of nitrogens with two attached hydrogens (primary N) is 1. The molecule has 1 aromatic heterocycles. The average molecular weight is 325 g/mol. The number of ether oxygens (including phenoxy) is 1. The molecule has 1 amide bonds. The van der Waals surface area contributed by atoms with Crippen LogP contribution in [0.25, 0.3) is 11.3 Å². The molecule has 19 heavy (non-hydrogen) atoms. The van der Waals surface area contributed by atoms with E-state index in [4.69, 9.17) is 10.5 Å². The van der Waals surface area contributed by atoms with E-state index >= 15 is 0 Å². The van der Waals surface area contributed by atoms with Crippen LogP contribution in [-0.4, -0.2) is 27.9 Å². The van der Waals surface area contributed by atoms with Crippen molar-refractivity contribution in [2.45, 2.75) is 13.3 Å². The van der Waals surface area contributed by atoms with E-state index in [1.165, 1.54) is 0 Å². The standard InChI is InChI=1S/C12H13BrN4O2/c1-2-5-19-9-4-3-7(6-8(9)13)10-11(12(14)18)16-17-15-10/h3-4,6H,2,5H2,1H3,(H2,14,18)(H,15,16,17). The molecular weight excluding hydrogens is 312 g/mol. The Hall–Kier alpha value is -1.89. The lowest BCUT2D eigenvalue weighted by molar-refractivity contribution is 0.0996. The fourth-order valence-corrected chi connectivity index (χ4v) is 2.07. The molecule has 0 fully saturated rings. The molecule has 0 aliphatic rings. The van der Waals surface area contributed by atoms with Crippen LogP contribution in [0.3, 0.4) is 0 Å². The maximum absolute atomic E-state index is 11.2. The number of H-pyrrole nitrogens is 1. The van der Waals surface area contributed by atoms with Crippen LogP contribution >= 0.6 is 15.9 Å². The number of carbonyl (C=O) groups excluding carboxylic acids is 1. The van der Waals surface area contributed by atoms with Crippen molar-refractivity contribution in [2.75, 3.05) is 6.61 Å². The smallest absolute Gasteiger partial charge is 0.271 e. The Kier molecular flexibility index (Phi) is 4.16. The summed E-state index contributed by atoms with van der Waals surface area (Å²) in [5.41, 5.74) is 6.51. The Morgan fingerprint density at radius 2 is 2.26 bits per heavy atom. The first-order chi connectivity index (χ1) is 9.13. The zero-order chi connectivity index (χ0) is 13.8. The van der Waals surface area contributed by atoms with Crippen LogP contribution in [-0.2, 0) is 0 Å². The van der Waals surface area contributed by atoms with Crippen molar-refractivity contribution in [1.82, 2.24) is 15.4 Å². The van der Waals surface area contributed by atoms with Gasteiger partial charge in [0.2, 0.25) is 0 Å². The third-order valence-corrected chi connectivity index (χ3v) is 3.07. The van der Waals surface area contributed by atoms with Crippen LogP contribution in [0.4, 0.5) is 0 Å². The minimum atomic E-state index is -0.619. The van der Waals surface area contributed by atoms with E-state index in [-0.39, 0.29) is 5.69 Å². The normalized spacial score (nSPS) is 10.4. The topological polar surface area (TPSA) is 93.9 Å². The van der Waals surface area contributed by atoms with Gasteiger partial charge in [-0.2, -0.15) is 15.4 Å². The molecule has 0 bridgehead atoms. The largest absolute Gasteiger partial charge is 0.492 e. The van der Waals surface area contributed by atoms with Gasteiger partial charge in [-0.1, -0.05) is 6.92 Å². The highest BCUT2D eigenvalue weighted by atomic mass is 79.9. The monoisotopic (exact) mass is 324 g/mol. The SMILES string of the molecule is CCCOc1ccc(-c2n[nH]nc2C(N)=O)cc1Br. The Morgan fingerprint density at radius 1 is 1.47 bits per heavy atom. The van der Waals surface area contributed by atoms with E-state index in [0.29, 0.717) is 12.3 Å². The highest BCUT2D eigenvalue weighted by molar-refractivity contribution is 9.10. The summed E-state index contributed by atoms with van der Waals surface area (Å²) < 4.78 is 6.34. The molecule has 0 unspecified atom stereocenters. The predicted molar refractivity (Wildman–Crippen MR) is 73.8 cm³/mol. The molecule has 2 rings (SSSR count). The number of carbonyl (C=O) groups is 1. The van der Waals surface area contributed by atoms with Gasteiger partial charge >= 0.3 is 0 Å². The molecule has 100 valence electrons. The van der Waals surface area contributed by atoms with Gasteiger partial charge in [-0.3, -0.25) is 4.79 Å². The fourth-order valence-electron chi connectivity index (χ4n) is 1.58. The lowest BCUT2D eigenvalue weighted by Crippen LogP contribution is -2.12. The minimum Gasteiger partial charge on any atom is -0.492 e. The van der Waals surface area contributed by atoms with E-state index in [0.717, 1.165) is 22.2 Å². The van der Waals surface area contributed by atoms with Gasteiger partial charge in [-0.15, -0.1) is 0 Å². The summed E-state index contributed by atoms with van der Waals surface area (Å²) in [7, 11) is 0. The van der Waals surface area contributed by atoms with Crippen molar-refractivity contribution >= 4 is 21.8 Å². The molecule has 0 aliphatic heterocycles. The molecule has 0 spiro atoms. The van der Waals surface area contributed by atoms with Gasteiger partial charge in [0.25, 0.3) is 5.91 Å². The van der Waals surface area contributed by atoms with Gasteiger partial charge in [0.15, 0.2) is 5.69 Å². The van der Waals surface area contributed by atoms with Crippen LogP contribution in [0.5, 0.6) is 5.75 Å². The van der Waals surface area contributed by atoms with Crippen LogP contribution in [0, 0.1) is 0 Å². The van der Waals surface area contributed by atoms with E-state index in [1.807, 2.05) is 19.1 Å². The first kappa shape index (κ1) is 13.5. The summed E-state index contributed by atoms with van der Waals surface area (Å²) >= 11 is 3.42. The summed E-state index contributed by atoms with van der Waals surface area (Å²) in [4.78, 5) is 11.2. The summed E-state index contributed by atoms with van der Waals surface area (Å²) in [5.74, 6) is 0.126. The highest BCUT2D eigenvalue weighted by Gasteiger charge is 2.16. The minimum absolute atomic E-state index is 0.120. The molecular formula is C12H13BrN4O2. The van der Waals surface area contributed by atoms with Crippen molar-refractivity contribution in [1.29, 1.82) is 0 Å². The first-order valence-electron chi connectivity index (χ1n) is 5.76. The van der Waals surface area contributed by atoms with E-state index < -0.39 is 5.91 Å². The van der Waals surface area contributed by atoms with Gasteiger partial charge in [0.1, 0.15) is 11.4 Å². The predicted octanol–water partition coefficient (Wildman–Crippen LogP) is 2.12. The maximum atomic E-state index is 11.2. The third-order valence-electron chi connectivity index (χ3n) is 2.45. The number of benzene rings is 1. The molecule has 0 saturated heterocycles. The lowest BCUT2D eigenvalue weighted by atomic mass is 10.1. The number of hydrogen-bond donors (Lipinski definition) is 2. The summed E-state index contributed by atoms with van der Waals surface area (Å²) in [6, 6.07) is 5.43. The Balaban J connectivity index is 2.33. The highest BCUT2D eigenvalue weighted by Crippen LogP contribution is 2.30. The molecule has 0 saturated carbocycles.